The van der Waals surface area contributed by atoms with E-state index in [1.165, 1.54) is 5.56 Å². The average Bonchev–Trinajstić information content (AvgIpc) is 3.15. The summed E-state index contributed by atoms with van der Waals surface area (Å²) in [6.07, 6.45) is 4.49. The Morgan fingerprint density at radius 2 is 2.18 bits per heavy atom. The third-order valence-electron chi connectivity index (χ3n) is 5.27. The third kappa shape index (κ3) is 5.11. The van der Waals surface area contributed by atoms with E-state index in [2.05, 4.69) is 41.2 Å². The largest absolute Gasteiger partial charge is 0.376 e. The van der Waals surface area contributed by atoms with E-state index in [1.54, 1.807) is 0 Å². The van der Waals surface area contributed by atoms with Crippen LogP contribution in [-0.4, -0.2) is 40.8 Å². The maximum absolute atomic E-state index is 12.7. The average molecular weight is 402 g/mol. The van der Waals surface area contributed by atoms with E-state index in [0.717, 1.165) is 60.9 Å². The molecule has 152 valence electrons. The molecule has 1 atom stereocenters. The fourth-order valence-electron chi connectivity index (χ4n) is 3.79. The highest BCUT2D eigenvalue weighted by Gasteiger charge is 2.22. The van der Waals surface area contributed by atoms with E-state index in [1.807, 2.05) is 13.0 Å². The van der Waals surface area contributed by atoms with Crippen molar-refractivity contribution in [3.63, 3.8) is 0 Å². The Kier molecular flexibility index (Phi) is 7.08. The van der Waals surface area contributed by atoms with Crippen LogP contribution < -0.4 is 10.9 Å². The van der Waals surface area contributed by atoms with Gasteiger partial charge >= 0.3 is 0 Å². The summed E-state index contributed by atoms with van der Waals surface area (Å²) in [6, 6.07) is 6.21. The van der Waals surface area contributed by atoms with Crippen LogP contribution in [0.2, 0.25) is 0 Å². The molecule has 2 heterocycles. The van der Waals surface area contributed by atoms with Crippen LogP contribution in [0.3, 0.4) is 0 Å². The zero-order valence-electron chi connectivity index (χ0n) is 17.1. The number of rotatable bonds is 7. The number of H-pyrrole nitrogens is 1. The second-order valence-electron chi connectivity index (χ2n) is 7.77. The van der Waals surface area contributed by atoms with Gasteiger partial charge in [0.05, 0.1) is 18.2 Å². The molecule has 1 aliphatic heterocycles. The zero-order valence-corrected chi connectivity index (χ0v) is 18.0. The van der Waals surface area contributed by atoms with E-state index in [4.69, 9.17) is 17.0 Å². The molecule has 28 heavy (non-hydrogen) atoms. The van der Waals surface area contributed by atoms with E-state index >= 15 is 0 Å². The molecule has 0 radical (unpaired) electrons. The molecule has 1 aromatic carbocycles. The number of unbranched alkanes of at least 4 members (excludes halogenated alkanes) is 1. The van der Waals surface area contributed by atoms with Crippen LogP contribution in [0.25, 0.3) is 10.9 Å². The van der Waals surface area contributed by atoms with Gasteiger partial charge in [0.1, 0.15) is 0 Å². The molecule has 5 nitrogen and oxygen atoms in total. The minimum atomic E-state index is -0.0480. The van der Waals surface area contributed by atoms with E-state index in [0.29, 0.717) is 18.2 Å². The second-order valence-corrected chi connectivity index (χ2v) is 8.16. The molecular formula is C22H31N3O2S. The van der Waals surface area contributed by atoms with Crippen molar-refractivity contribution in [2.24, 2.45) is 0 Å². The molecular weight excluding hydrogens is 370 g/mol. The van der Waals surface area contributed by atoms with Crippen molar-refractivity contribution in [3.8, 4) is 0 Å². The first-order valence-corrected chi connectivity index (χ1v) is 10.7. The maximum Gasteiger partial charge on any atom is 0.253 e. The Morgan fingerprint density at radius 3 is 2.89 bits per heavy atom. The number of aryl methyl sites for hydroxylation is 2. The second kappa shape index (κ2) is 9.52. The molecule has 1 aromatic heterocycles. The first-order chi connectivity index (χ1) is 13.5. The number of nitrogens with zero attached hydrogens (tertiary/aromatic N) is 1. The number of pyridine rings is 1. The smallest absolute Gasteiger partial charge is 0.253 e. The fourth-order valence-corrected chi connectivity index (χ4v) is 4.03. The minimum absolute atomic E-state index is 0.0480. The summed E-state index contributed by atoms with van der Waals surface area (Å²) in [6.45, 7) is 9.12. The summed E-state index contributed by atoms with van der Waals surface area (Å²) in [5, 5.41) is 5.10. The van der Waals surface area contributed by atoms with Gasteiger partial charge in [-0.1, -0.05) is 25.0 Å². The number of ether oxygens (including phenoxy) is 1. The molecule has 0 spiro atoms. The molecule has 1 aliphatic rings. The van der Waals surface area contributed by atoms with Crippen molar-refractivity contribution in [2.75, 3.05) is 19.7 Å². The SMILES string of the molecule is CCCCNC(=S)N(Cc1cc2cc(C)cc(C)c2[nH]c1=O)CC1CCCO1. The lowest BCUT2D eigenvalue weighted by molar-refractivity contribution is 0.0897. The summed E-state index contributed by atoms with van der Waals surface area (Å²) in [5.41, 5.74) is 3.87. The summed E-state index contributed by atoms with van der Waals surface area (Å²) in [5.74, 6) is 0. The summed E-state index contributed by atoms with van der Waals surface area (Å²) in [4.78, 5) is 17.9. The van der Waals surface area contributed by atoms with Crippen LogP contribution in [0.1, 0.15) is 49.3 Å². The lowest BCUT2D eigenvalue weighted by atomic mass is 10.1. The highest BCUT2D eigenvalue weighted by atomic mass is 32.1. The Morgan fingerprint density at radius 1 is 1.36 bits per heavy atom. The van der Waals surface area contributed by atoms with Gasteiger partial charge in [-0.3, -0.25) is 4.79 Å². The van der Waals surface area contributed by atoms with Crippen molar-refractivity contribution >= 4 is 28.2 Å². The van der Waals surface area contributed by atoms with E-state index < -0.39 is 0 Å². The van der Waals surface area contributed by atoms with Crippen molar-refractivity contribution in [1.29, 1.82) is 0 Å². The highest BCUT2D eigenvalue weighted by Crippen LogP contribution is 2.19. The maximum atomic E-state index is 12.7. The van der Waals surface area contributed by atoms with Gasteiger partial charge < -0.3 is 19.9 Å². The van der Waals surface area contributed by atoms with E-state index in [-0.39, 0.29) is 11.7 Å². The van der Waals surface area contributed by atoms with Gasteiger partial charge in [-0.2, -0.15) is 0 Å². The number of aromatic nitrogens is 1. The Balaban J connectivity index is 1.84. The van der Waals surface area contributed by atoms with Gasteiger partial charge in [-0.15, -0.1) is 0 Å². The standard InChI is InChI=1S/C22H31N3O2S/c1-4-5-8-23-22(28)25(14-19-7-6-9-27-19)13-18-12-17-11-15(2)10-16(3)20(17)24-21(18)26/h10-12,19H,4-9,13-14H2,1-3H3,(H,23,28)(H,24,26). The third-order valence-corrected chi connectivity index (χ3v) is 5.68. The van der Waals surface area contributed by atoms with Crippen molar-refractivity contribution in [3.05, 3.63) is 45.2 Å². The molecule has 0 saturated carbocycles. The number of hydrogen-bond donors (Lipinski definition) is 2. The van der Waals surface area contributed by atoms with Gasteiger partial charge in [0.2, 0.25) is 0 Å². The number of thiocarbonyl (C=S) groups is 1. The molecule has 6 heteroatoms. The van der Waals surface area contributed by atoms with Gasteiger partial charge in [-0.05, 0) is 68.4 Å². The van der Waals surface area contributed by atoms with Crippen LogP contribution in [0.4, 0.5) is 0 Å². The van der Waals surface area contributed by atoms with E-state index in [9.17, 15) is 4.79 Å². The molecule has 0 amide bonds. The predicted molar refractivity (Wildman–Crippen MR) is 119 cm³/mol. The number of fused-ring (bicyclic) bond motifs is 1. The van der Waals surface area contributed by atoms with Gasteiger partial charge in [-0.25, -0.2) is 0 Å². The Hall–Kier alpha value is -1.92. The number of nitrogens with one attached hydrogen (secondary N) is 2. The quantitative estimate of drug-likeness (QED) is 0.546. The van der Waals surface area contributed by atoms with Crippen molar-refractivity contribution < 1.29 is 4.74 Å². The van der Waals surface area contributed by atoms with Gasteiger partial charge in [0.15, 0.2) is 5.11 Å². The van der Waals surface area contributed by atoms with Crippen LogP contribution in [0.5, 0.6) is 0 Å². The van der Waals surface area contributed by atoms with Crippen LogP contribution in [0, 0.1) is 13.8 Å². The summed E-state index contributed by atoms with van der Waals surface area (Å²) >= 11 is 5.65. The normalized spacial score (nSPS) is 16.5. The number of hydrogen-bond acceptors (Lipinski definition) is 3. The fraction of sp³-hybridized carbons (Fsp3) is 0.545. The molecule has 2 N–H and O–H groups in total. The summed E-state index contributed by atoms with van der Waals surface area (Å²) < 4.78 is 5.81. The first kappa shape index (κ1) is 20.8. The van der Waals surface area contributed by atoms with Crippen LogP contribution >= 0.6 is 12.2 Å². The zero-order chi connectivity index (χ0) is 20.1. The lowest BCUT2D eigenvalue weighted by Crippen LogP contribution is -2.44. The predicted octanol–water partition coefficient (Wildman–Crippen LogP) is 3.80. The molecule has 1 unspecified atom stereocenters. The summed E-state index contributed by atoms with van der Waals surface area (Å²) in [7, 11) is 0. The number of benzene rings is 1. The highest BCUT2D eigenvalue weighted by molar-refractivity contribution is 7.80. The van der Waals surface area contributed by atoms with Crippen LogP contribution in [-0.2, 0) is 11.3 Å². The van der Waals surface area contributed by atoms with Crippen molar-refractivity contribution in [2.45, 2.75) is 59.1 Å². The first-order valence-electron chi connectivity index (χ1n) is 10.3. The molecule has 0 bridgehead atoms. The van der Waals surface area contributed by atoms with Crippen LogP contribution in [0.15, 0.2) is 23.0 Å². The monoisotopic (exact) mass is 401 g/mol. The molecule has 1 saturated heterocycles. The lowest BCUT2D eigenvalue weighted by Gasteiger charge is -2.28. The molecule has 3 rings (SSSR count). The Bertz CT molecular complexity index is 887. The van der Waals surface area contributed by atoms with Crippen molar-refractivity contribution in [1.82, 2.24) is 15.2 Å². The Labute approximate surface area is 172 Å². The molecule has 0 aliphatic carbocycles. The topological polar surface area (TPSA) is 57.4 Å². The number of aromatic amines is 1. The van der Waals surface area contributed by atoms with Gasteiger partial charge in [0, 0.05) is 25.3 Å². The molecule has 1 fully saturated rings. The molecule has 2 aromatic rings. The van der Waals surface area contributed by atoms with Gasteiger partial charge in [0.25, 0.3) is 5.56 Å². The minimum Gasteiger partial charge on any atom is -0.376 e.